The Labute approximate surface area is 180 Å². The van der Waals surface area contributed by atoms with Gasteiger partial charge in [0.15, 0.2) is 0 Å². The van der Waals surface area contributed by atoms with Gasteiger partial charge in [-0.15, -0.1) is 0 Å². The van der Waals surface area contributed by atoms with Crippen molar-refractivity contribution in [3.05, 3.63) is 91.1 Å². The Hall–Kier alpha value is -3.70. The number of carbonyl (C=O) groups excluding carboxylic acids is 1. The number of hydrogen-bond acceptors (Lipinski definition) is 4. The summed E-state index contributed by atoms with van der Waals surface area (Å²) in [6, 6.07) is 28.0. The van der Waals surface area contributed by atoms with Crippen LogP contribution < -0.4 is 9.64 Å². The maximum absolute atomic E-state index is 12.6. The summed E-state index contributed by atoms with van der Waals surface area (Å²) in [6.45, 7) is 0.824. The fraction of sp³-hybridized carbons (Fsp3) is 0.154. The number of carbonyl (C=O) groups is 1. The van der Waals surface area contributed by atoms with Gasteiger partial charge in [0.25, 0.3) is 5.91 Å². The average molecular weight is 410 g/mol. The summed E-state index contributed by atoms with van der Waals surface area (Å²) in [5, 5.41) is 1.03. The molecule has 1 aliphatic heterocycles. The van der Waals surface area contributed by atoms with E-state index in [1.807, 2.05) is 66.7 Å². The van der Waals surface area contributed by atoms with E-state index in [-0.39, 0.29) is 18.6 Å². The molecule has 5 heteroatoms. The normalized spacial score (nSPS) is 16.5. The number of rotatable bonds is 5. The third-order valence-corrected chi connectivity index (χ3v) is 5.42. The average Bonchev–Trinajstić information content (AvgIpc) is 2.84. The third kappa shape index (κ3) is 4.13. The quantitative estimate of drug-likeness (QED) is 0.478. The van der Waals surface area contributed by atoms with Gasteiger partial charge in [-0.2, -0.15) is 0 Å². The second-order valence-electron chi connectivity index (χ2n) is 7.50. The van der Waals surface area contributed by atoms with Gasteiger partial charge in [0.05, 0.1) is 6.54 Å². The van der Waals surface area contributed by atoms with Crippen molar-refractivity contribution in [3.8, 4) is 16.9 Å². The van der Waals surface area contributed by atoms with Crippen molar-refractivity contribution in [2.45, 2.75) is 6.10 Å². The molecule has 1 atom stereocenters. The van der Waals surface area contributed by atoms with Crippen LogP contribution in [0.15, 0.2) is 91.1 Å². The molecular weight excluding hydrogens is 388 g/mol. The van der Waals surface area contributed by atoms with Gasteiger partial charge in [0.1, 0.15) is 30.6 Å². The van der Waals surface area contributed by atoms with Crippen LogP contribution in [0.3, 0.4) is 0 Å². The van der Waals surface area contributed by atoms with E-state index in [0.29, 0.717) is 13.2 Å². The van der Waals surface area contributed by atoms with Crippen LogP contribution >= 0.6 is 0 Å². The Morgan fingerprint density at radius 1 is 0.935 bits per heavy atom. The number of anilines is 1. The Kier molecular flexibility index (Phi) is 5.33. The first kappa shape index (κ1) is 19.3. The highest BCUT2D eigenvalue weighted by Crippen LogP contribution is 2.27. The SMILES string of the molecule is O=C1COC(COc2cccc3cccnc23)CN1c1cccc(-c2ccccc2)c1. The Bertz CT molecular complexity index is 1200. The van der Waals surface area contributed by atoms with Crippen LogP contribution in [0.1, 0.15) is 0 Å². The number of para-hydroxylation sites is 1. The summed E-state index contributed by atoms with van der Waals surface area (Å²) in [4.78, 5) is 18.8. The highest BCUT2D eigenvalue weighted by molar-refractivity contribution is 5.95. The molecule has 5 nitrogen and oxygen atoms in total. The van der Waals surface area contributed by atoms with Crippen LogP contribution in [0.2, 0.25) is 0 Å². The second kappa shape index (κ2) is 8.58. The van der Waals surface area contributed by atoms with Gasteiger partial charge in [-0.1, -0.05) is 60.7 Å². The highest BCUT2D eigenvalue weighted by Gasteiger charge is 2.28. The maximum Gasteiger partial charge on any atom is 0.253 e. The van der Waals surface area contributed by atoms with E-state index in [0.717, 1.165) is 33.5 Å². The van der Waals surface area contributed by atoms with Gasteiger partial charge in [-0.3, -0.25) is 9.78 Å². The molecule has 1 aromatic heterocycles. The van der Waals surface area contributed by atoms with Crippen LogP contribution in [-0.2, 0) is 9.53 Å². The number of ether oxygens (including phenoxy) is 2. The zero-order chi connectivity index (χ0) is 21.0. The second-order valence-corrected chi connectivity index (χ2v) is 7.50. The molecule has 1 unspecified atom stereocenters. The zero-order valence-corrected chi connectivity index (χ0v) is 17.0. The minimum atomic E-state index is -0.225. The van der Waals surface area contributed by atoms with E-state index in [1.165, 1.54) is 0 Å². The minimum Gasteiger partial charge on any atom is -0.489 e. The molecule has 154 valence electrons. The number of pyridine rings is 1. The van der Waals surface area contributed by atoms with Crippen molar-refractivity contribution in [3.63, 3.8) is 0 Å². The van der Waals surface area contributed by atoms with Gasteiger partial charge < -0.3 is 14.4 Å². The van der Waals surface area contributed by atoms with Gasteiger partial charge in [0, 0.05) is 17.3 Å². The van der Waals surface area contributed by atoms with Crippen LogP contribution in [0, 0.1) is 0 Å². The molecule has 4 aromatic rings. The molecule has 0 radical (unpaired) electrons. The predicted octanol–water partition coefficient (Wildman–Crippen LogP) is 4.71. The van der Waals surface area contributed by atoms with Crippen LogP contribution in [0.25, 0.3) is 22.0 Å². The topological polar surface area (TPSA) is 51.7 Å². The lowest BCUT2D eigenvalue weighted by Crippen LogP contribution is -2.48. The molecule has 5 rings (SSSR count). The molecule has 0 N–H and O–H groups in total. The first-order valence-corrected chi connectivity index (χ1v) is 10.3. The molecule has 1 saturated heterocycles. The summed E-state index contributed by atoms with van der Waals surface area (Å²) < 4.78 is 11.8. The highest BCUT2D eigenvalue weighted by atomic mass is 16.5. The molecule has 2 heterocycles. The van der Waals surface area contributed by atoms with Crippen LogP contribution in [-0.4, -0.2) is 36.8 Å². The summed E-state index contributed by atoms with van der Waals surface area (Å²) in [5.41, 5.74) is 3.89. The fourth-order valence-electron chi connectivity index (χ4n) is 3.83. The number of nitrogens with zero attached hydrogens (tertiary/aromatic N) is 2. The van der Waals surface area contributed by atoms with Crippen molar-refractivity contribution in [1.82, 2.24) is 4.98 Å². The Morgan fingerprint density at radius 3 is 2.65 bits per heavy atom. The van der Waals surface area contributed by atoms with Crippen molar-refractivity contribution in [2.24, 2.45) is 0 Å². The minimum absolute atomic E-state index is 0.0391. The Balaban J connectivity index is 1.32. The monoisotopic (exact) mass is 410 g/mol. The van der Waals surface area contributed by atoms with E-state index in [2.05, 4.69) is 23.2 Å². The van der Waals surface area contributed by atoms with Gasteiger partial charge in [-0.05, 0) is 35.4 Å². The lowest BCUT2D eigenvalue weighted by Gasteiger charge is -2.33. The first-order chi connectivity index (χ1) is 15.3. The van der Waals surface area contributed by atoms with Crippen LogP contribution in [0.4, 0.5) is 5.69 Å². The molecule has 3 aromatic carbocycles. The molecule has 1 aliphatic rings. The molecule has 0 spiro atoms. The molecule has 0 saturated carbocycles. The number of hydrogen-bond donors (Lipinski definition) is 0. The summed E-state index contributed by atoms with van der Waals surface area (Å²) >= 11 is 0. The molecule has 1 amide bonds. The molecule has 0 bridgehead atoms. The van der Waals surface area contributed by atoms with Gasteiger partial charge in [0.2, 0.25) is 0 Å². The number of fused-ring (bicyclic) bond motifs is 1. The summed E-state index contributed by atoms with van der Waals surface area (Å²) in [6.07, 6.45) is 1.53. The van der Waals surface area contributed by atoms with E-state index in [1.54, 1.807) is 11.1 Å². The predicted molar refractivity (Wildman–Crippen MR) is 121 cm³/mol. The Morgan fingerprint density at radius 2 is 1.74 bits per heavy atom. The zero-order valence-electron chi connectivity index (χ0n) is 17.0. The number of amides is 1. The van der Waals surface area contributed by atoms with E-state index >= 15 is 0 Å². The lowest BCUT2D eigenvalue weighted by molar-refractivity contribution is -0.130. The van der Waals surface area contributed by atoms with E-state index in [9.17, 15) is 4.79 Å². The first-order valence-electron chi connectivity index (χ1n) is 10.3. The molecule has 1 fully saturated rings. The van der Waals surface area contributed by atoms with Crippen LogP contribution in [0.5, 0.6) is 5.75 Å². The lowest BCUT2D eigenvalue weighted by atomic mass is 10.0. The molecule has 0 aliphatic carbocycles. The number of morpholine rings is 1. The maximum atomic E-state index is 12.6. The summed E-state index contributed by atoms with van der Waals surface area (Å²) in [7, 11) is 0. The molecule has 31 heavy (non-hydrogen) atoms. The van der Waals surface area contributed by atoms with Crippen molar-refractivity contribution < 1.29 is 14.3 Å². The number of aromatic nitrogens is 1. The smallest absolute Gasteiger partial charge is 0.253 e. The number of benzene rings is 3. The largest absolute Gasteiger partial charge is 0.489 e. The third-order valence-electron chi connectivity index (χ3n) is 5.42. The van der Waals surface area contributed by atoms with E-state index < -0.39 is 0 Å². The van der Waals surface area contributed by atoms with Gasteiger partial charge >= 0.3 is 0 Å². The van der Waals surface area contributed by atoms with Crippen molar-refractivity contribution >= 4 is 22.5 Å². The standard InChI is InChI=1S/C26H22N2O3/c29-25-18-30-23(17-31-24-13-5-9-20-11-6-14-27-26(20)24)16-28(25)22-12-4-10-21(15-22)19-7-2-1-3-8-19/h1-15,23H,16-18H2. The van der Waals surface area contributed by atoms with Gasteiger partial charge in [-0.25, -0.2) is 0 Å². The fourth-order valence-corrected chi connectivity index (χ4v) is 3.83. The van der Waals surface area contributed by atoms with Crippen molar-refractivity contribution in [1.29, 1.82) is 0 Å². The molecular formula is C26H22N2O3. The van der Waals surface area contributed by atoms with Crippen molar-refractivity contribution in [2.75, 3.05) is 24.7 Å². The van der Waals surface area contributed by atoms with E-state index in [4.69, 9.17) is 9.47 Å². The summed E-state index contributed by atoms with van der Waals surface area (Å²) in [5.74, 6) is 0.671.